The van der Waals surface area contributed by atoms with Gasteiger partial charge in [0.2, 0.25) is 0 Å². The van der Waals surface area contributed by atoms with Crippen molar-refractivity contribution in [2.45, 2.75) is 0 Å². The maximum atomic E-state index is 6.66. The molecule has 0 bridgehead atoms. The molecule has 11 rings (SSSR count). The fraction of sp³-hybridized carbons (Fsp3) is 0. The Morgan fingerprint density at radius 3 is 1.69 bits per heavy atom. The summed E-state index contributed by atoms with van der Waals surface area (Å²) in [6.45, 7) is 0. The fourth-order valence-electron chi connectivity index (χ4n) is 8.19. The van der Waals surface area contributed by atoms with Crippen LogP contribution in [-0.2, 0) is 0 Å². The summed E-state index contributed by atoms with van der Waals surface area (Å²) >= 11 is 0. The number of nitrogens with zero attached hydrogens (tertiary/aromatic N) is 2. The minimum atomic E-state index is 0.882. The molecular weight excluding hydrogens is 597 g/mol. The molecule has 3 heteroatoms. The Hall–Kier alpha value is -6.58. The third-order valence-electron chi connectivity index (χ3n) is 10.3. The Labute approximate surface area is 282 Å². The second kappa shape index (κ2) is 9.96. The fourth-order valence-corrected chi connectivity index (χ4v) is 8.19. The van der Waals surface area contributed by atoms with E-state index in [-0.39, 0.29) is 0 Å². The maximum absolute atomic E-state index is 6.66. The van der Waals surface area contributed by atoms with Gasteiger partial charge < -0.3 is 13.9 Å². The number of rotatable bonds is 3. The smallest absolute Gasteiger partial charge is 0.135 e. The van der Waals surface area contributed by atoms with Crippen LogP contribution in [0.4, 0.5) is 0 Å². The Morgan fingerprint density at radius 2 is 0.918 bits per heavy atom. The van der Waals surface area contributed by atoms with Crippen molar-refractivity contribution in [1.29, 1.82) is 0 Å². The first-order valence-electron chi connectivity index (χ1n) is 16.8. The van der Waals surface area contributed by atoms with Crippen LogP contribution in [0.5, 0.6) is 11.5 Å². The van der Waals surface area contributed by atoms with Gasteiger partial charge in [-0.05, 0) is 94.9 Å². The Kier molecular flexibility index (Phi) is 5.38. The Morgan fingerprint density at radius 1 is 0.327 bits per heavy atom. The summed E-state index contributed by atoms with van der Waals surface area (Å²) in [7, 11) is 0. The van der Waals surface area contributed by atoms with Gasteiger partial charge in [0, 0.05) is 43.9 Å². The molecule has 0 unspecified atom stereocenters. The van der Waals surface area contributed by atoms with Gasteiger partial charge in [0.25, 0.3) is 0 Å². The minimum absolute atomic E-state index is 0.882. The highest BCUT2D eigenvalue weighted by Crippen LogP contribution is 2.51. The van der Waals surface area contributed by atoms with E-state index in [2.05, 4.69) is 179 Å². The monoisotopic (exact) mass is 624 g/mol. The number of para-hydroxylation sites is 4. The van der Waals surface area contributed by atoms with Gasteiger partial charge in [-0.1, -0.05) is 97.1 Å². The molecule has 0 spiro atoms. The van der Waals surface area contributed by atoms with E-state index in [1.165, 1.54) is 65.8 Å². The molecule has 0 fully saturated rings. The van der Waals surface area contributed by atoms with Gasteiger partial charge in [-0.3, -0.25) is 0 Å². The van der Waals surface area contributed by atoms with Crippen molar-refractivity contribution in [3.05, 3.63) is 170 Å². The van der Waals surface area contributed by atoms with Gasteiger partial charge in [0.05, 0.1) is 22.1 Å². The summed E-state index contributed by atoms with van der Waals surface area (Å²) in [5.74, 6) is 1.79. The molecule has 8 aromatic carbocycles. The Bertz CT molecular complexity index is 2950. The van der Waals surface area contributed by atoms with Crippen molar-refractivity contribution < 1.29 is 4.74 Å². The van der Waals surface area contributed by atoms with Crippen molar-refractivity contribution in [1.82, 2.24) is 9.13 Å². The number of hydrogen-bond donors (Lipinski definition) is 0. The maximum Gasteiger partial charge on any atom is 0.135 e. The van der Waals surface area contributed by atoms with E-state index in [1.54, 1.807) is 0 Å². The summed E-state index contributed by atoms with van der Waals surface area (Å²) < 4.78 is 11.4. The Balaban J connectivity index is 1.16. The lowest BCUT2D eigenvalue weighted by Gasteiger charge is -2.23. The first-order valence-corrected chi connectivity index (χ1v) is 16.8. The third kappa shape index (κ3) is 3.73. The minimum Gasteiger partial charge on any atom is -0.456 e. The number of aromatic nitrogens is 2. The van der Waals surface area contributed by atoms with E-state index in [0.29, 0.717) is 0 Å². The van der Waals surface area contributed by atoms with E-state index in [4.69, 9.17) is 4.74 Å². The van der Waals surface area contributed by atoms with Gasteiger partial charge in [-0.25, -0.2) is 0 Å². The van der Waals surface area contributed by atoms with Crippen molar-refractivity contribution in [3.8, 4) is 45.1 Å². The quantitative estimate of drug-likeness (QED) is 0.191. The van der Waals surface area contributed by atoms with E-state index in [9.17, 15) is 0 Å². The van der Waals surface area contributed by atoms with Crippen LogP contribution in [0.2, 0.25) is 0 Å². The van der Waals surface area contributed by atoms with Crippen LogP contribution in [0, 0.1) is 0 Å². The molecule has 0 radical (unpaired) electrons. The predicted octanol–water partition coefficient (Wildman–Crippen LogP) is 12.5. The molecule has 10 aromatic rings. The highest BCUT2D eigenvalue weighted by molar-refractivity contribution is 6.26. The molecule has 0 saturated carbocycles. The molecule has 0 aliphatic carbocycles. The SMILES string of the molecule is c1ccc(-n2c3ccccc3c3cc(-c4ccc5c(c4)-c4cc6c(c7cccc(c47)O5)c4ccccc4n6-c4ccccc4)ccc32)cc1. The molecule has 1 aliphatic rings. The van der Waals surface area contributed by atoms with Crippen LogP contribution in [0.15, 0.2) is 170 Å². The number of fused-ring (bicyclic) bond motifs is 9. The average molecular weight is 625 g/mol. The summed E-state index contributed by atoms with van der Waals surface area (Å²) in [4.78, 5) is 0. The molecule has 3 heterocycles. The van der Waals surface area contributed by atoms with Crippen LogP contribution in [-0.4, -0.2) is 9.13 Å². The van der Waals surface area contributed by atoms with Crippen molar-refractivity contribution in [2.75, 3.05) is 0 Å². The van der Waals surface area contributed by atoms with E-state index < -0.39 is 0 Å². The molecule has 0 N–H and O–H groups in total. The molecule has 0 saturated heterocycles. The molecule has 3 nitrogen and oxygen atoms in total. The van der Waals surface area contributed by atoms with Crippen LogP contribution in [0.1, 0.15) is 0 Å². The van der Waals surface area contributed by atoms with Crippen LogP contribution >= 0.6 is 0 Å². The summed E-state index contributed by atoms with van der Waals surface area (Å²) in [5, 5.41) is 7.36. The van der Waals surface area contributed by atoms with Gasteiger partial charge in [-0.15, -0.1) is 0 Å². The zero-order valence-corrected chi connectivity index (χ0v) is 26.5. The van der Waals surface area contributed by atoms with Gasteiger partial charge in [-0.2, -0.15) is 0 Å². The van der Waals surface area contributed by atoms with E-state index >= 15 is 0 Å². The summed E-state index contributed by atoms with van der Waals surface area (Å²) in [6, 6.07) is 61.1. The largest absolute Gasteiger partial charge is 0.456 e. The van der Waals surface area contributed by atoms with Crippen LogP contribution < -0.4 is 4.74 Å². The van der Waals surface area contributed by atoms with E-state index in [0.717, 1.165) is 33.7 Å². The zero-order chi connectivity index (χ0) is 32.1. The average Bonchev–Trinajstić information content (AvgIpc) is 3.68. The second-order valence-corrected chi connectivity index (χ2v) is 12.9. The normalized spacial score (nSPS) is 12.2. The number of hydrogen-bond acceptors (Lipinski definition) is 1. The van der Waals surface area contributed by atoms with Gasteiger partial charge in [0.15, 0.2) is 0 Å². The third-order valence-corrected chi connectivity index (χ3v) is 10.3. The zero-order valence-electron chi connectivity index (χ0n) is 26.5. The highest BCUT2D eigenvalue weighted by Gasteiger charge is 2.25. The summed E-state index contributed by atoms with van der Waals surface area (Å²) in [5.41, 5.74) is 11.8. The lowest BCUT2D eigenvalue weighted by Crippen LogP contribution is -1.99. The van der Waals surface area contributed by atoms with E-state index in [1.807, 2.05) is 0 Å². The molecule has 1 aliphatic heterocycles. The lowest BCUT2D eigenvalue weighted by atomic mass is 9.90. The van der Waals surface area contributed by atoms with Crippen LogP contribution in [0.25, 0.3) is 88.0 Å². The number of benzene rings is 8. The molecule has 0 amide bonds. The predicted molar refractivity (Wildman–Crippen MR) is 204 cm³/mol. The highest BCUT2D eigenvalue weighted by atomic mass is 16.5. The van der Waals surface area contributed by atoms with Crippen LogP contribution in [0.3, 0.4) is 0 Å². The molecule has 228 valence electrons. The first kappa shape index (κ1) is 26.5. The van der Waals surface area contributed by atoms with Crippen molar-refractivity contribution in [2.24, 2.45) is 0 Å². The van der Waals surface area contributed by atoms with Crippen molar-refractivity contribution >= 4 is 54.4 Å². The van der Waals surface area contributed by atoms with Gasteiger partial charge >= 0.3 is 0 Å². The van der Waals surface area contributed by atoms with Gasteiger partial charge in [0.1, 0.15) is 11.5 Å². The first-order chi connectivity index (χ1) is 24.3. The lowest BCUT2D eigenvalue weighted by molar-refractivity contribution is 0.487. The van der Waals surface area contributed by atoms with Crippen molar-refractivity contribution in [3.63, 3.8) is 0 Å². The second-order valence-electron chi connectivity index (χ2n) is 12.9. The standard InChI is InChI=1S/C46H28N2O/c1-3-12-31(13-4-1)47-39-19-9-7-16-33(39)36-26-29(22-24-41(36)47)30-23-25-43-37(27-30)38-28-42-45(35-18-11-21-44(49-43)46(35)38)34-17-8-10-20-40(34)48(42)32-14-5-2-6-15-32/h1-28H. The molecule has 0 atom stereocenters. The topological polar surface area (TPSA) is 19.1 Å². The molecular formula is C46H28N2O. The molecule has 2 aromatic heterocycles. The number of ether oxygens (including phenoxy) is 1. The summed E-state index contributed by atoms with van der Waals surface area (Å²) in [6.07, 6.45) is 0. The molecule has 49 heavy (non-hydrogen) atoms.